The molecule has 2 aliphatic rings. The zero-order valence-corrected chi connectivity index (χ0v) is 24.2. The number of aromatic nitrogens is 1. The Morgan fingerprint density at radius 2 is 1.95 bits per heavy atom. The number of thiophene rings is 1. The van der Waals surface area contributed by atoms with Gasteiger partial charge in [0, 0.05) is 23.4 Å². The highest BCUT2D eigenvalue weighted by molar-refractivity contribution is 7.15. The Morgan fingerprint density at radius 1 is 1.23 bits per heavy atom. The third-order valence-electron chi connectivity index (χ3n) is 7.39. The van der Waals surface area contributed by atoms with Crippen LogP contribution in [0.2, 0.25) is 0 Å². The van der Waals surface area contributed by atoms with E-state index in [4.69, 9.17) is 4.74 Å². The zero-order valence-electron chi connectivity index (χ0n) is 23.4. The van der Waals surface area contributed by atoms with E-state index in [0.29, 0.717) is 53.1 Å². The summed E-state index contributed by atoms with van der Waals surface area (Å²) in [6, 6.07) is 5.06. The number of carbonyl (C=O) groups is 2. The molecule has 8 heteroatoms. The number of allylic oxidation sites excluding steroid dienone is 2. The van der Waals surface area contributed by atoms with Gasteiger partial charge in [-0.05, 0) is 84.3 Å². The van der Waals surface area contributed by atoms with Crippen molar-refractivity contribution in [3.8, 4) is 17.6 Å². The third-order valence-corrected chi connectivity index (χ3v) is 8.42. The molecule has 0 spiro atoms. The minimum Gasteiger partial charge on any atom is -0.619 e. The van der Waals surface area contributed by atoms with E-state index >= 15 is 0 Å². The Labute approximate surface area is 235 Å². The average Bonchev–Trinajstić information content (AvgIpc) is 3.28. The lowest BCUT2D eigenvalue weighted by molar-refractivity contribution is -0.605. The summed E-state index contributed by atoms with van der Waals surface area (Å²) < 4.78 is 6.78. The summed E-state index contributed by atoms with van der Waals surface area (Å²) in [5, 5.41) is 21.8. The number of hydrogen-bond acceptors (Lipinski definition) is 5. The van der Waals surface area contributed by atoms with Crippen LogP contribution in [0, 0.1) is 34.3 Å². The number of carbonyl (C=O) groups excluding carboxylic acids is 1. The molecule has 1 unspecified atom stereocenters. The molecule has 2 aromatic heterocycles. The van der Waals surface area contributed by atoms with Gasteiger partial charge in [0.2, 0.25) is 12.1 Å². The molecule has 0 saturated heterocycles. The summed E-state index contributed by atoms with van der Waals surface area (Å²) in [4.78, 5) is 29.2. The lowest BCUT2D eigenvalue weighted by atomic mass is 9.79. The molecular weight excluding hydrogens is 512 g/mol. The van der Waals surface area contributed by atoms with Crippen LogP contribution in [0.25, 0.3) is 0 Å². The van der Waals surface area contributed by atoms with Crippen molar-refractivity contribution in [1.29, 1.82) is 0 Å². The summed E-state index contributed by atoms with van der Waals surface area (Å²) in [5.74, 6) is 5.77. The normalized spacial score (nSPS) is 23.3. The van der Waals surface area contributed by atoms with Gasteiger partial charge in [-0.15, -0.1) is 11.3 Å². The number of amides is 1. The first-order chi connectivity index (χ1) is 18.4. The Morgan fingerprint density at radius 3 is 2.56 bits per heavy atom. The number of carboxylic acids is 1. The SMILES string of the molecule is CC1=CCC(C(=O)N(c2cc(C#CC(C)(C)C)sc2C(=O)O)C2CCC(Oc3ccc[n+]([O-])c3)CC2)[C@@H](C)C1. The molecule has 4 rings (SSSR count). The Balaban J connectivity index is 1.64. The van der Waals surface area contributed by atoms with Crippen molar-refractivity contribution in [3.05, 3.63) is 57.2 Å². The highest BCUT2D eigenvalue weighted by Gasteiger charge is 2.39. The van der Waals surface area contributed by atoms with E-state index in [1.807, 2.05) is 20.8 Å². The fourth-order valence-electron chi connectivity index (χ4n) is 5.45. The Bertz CT molecular complexity index is 1300. The quantitative estimate of drug-likeness (QED) is 0.200. The fraction of sp³-hybridized carbons (Fsp3) is 0.516. The molecule has 0 aliphatic heterocycles. The van der Waals surface area contributed by atoms with Crippen LogP contribution in [0.4, 0.5) is 5.69 Å². The molecule has 208 valence electrons. The van der Waals surface area contributed by atoms with Gasteiger partial charge in [0.05, 0.1) is 16.7 Å². The molecule has 0 aromatic carbocycles. The van der Waals surface area contributed by atoms with Crippen molar-refractivity contribution in [2.45, 2.75) is 85.3 Å². The van der Waals surface area contributed by atoms with Gasteiger partial charge in [-0.3, -0.25) is 4.79 Å². The molecule has 39 heavy (non-hydrogen) atoms. The smallest absolute Gasteiger partial charge is 0.348 e. The molecule has 1 N–H and O–H groups in total. The minimum atomic E-state index is -1.05. The predicted octanol–water partition coefficient (Wildman–Crippen LogP) is 6.19. The van der Waals surface area contributed by atoms with Gasteiger partial charge in [-0.1, -0.05) is 30.4 Å². The van der Waals surface area contributed by atoms with E-state index in [-0.39, 0.29) is 40.2 Å². The molecule has 2 aliphatic carbocycles. The van der Waals surface area contributed by atoms with Gasteiger partial charge >= 0.3 is 5.97 Å². The van der Waals surface area contributed by atoms with Gasteiger partial charge < -0.3 is 20.0 Å². The topological polar surface area (TPSA) is 93.8 Å². The van der Waals surface area contributed by atoms with Crippen LogP contribution in [0.5, 0.6) is 5.75 Å². The number of nitrogens with zero attached hydrogens (tertiary/aromatic N) is 2. The average molecular weight is 551 g/mol. The zero-order chi connectivity index (χ0) is 28.3. The third kappa shape index (κ3) is 7.21. The number of carboxylic acid groups (broad SMARTS) is 1. The van der Waals surface area contributed by atoms with E-state index in [9.17, 15) is 19.9 Å². The first-order valence-electron chi connectivity index (χ1n) is 13.7. The van der Waals surface area contributed by atoms with Crippen molar-refractivity contribution in [2.75, 3.05) is 4.90 Å². The molecule has 1 fully saturated rings. The maximum Gasteiger partial charge on any atom is 0.348 e. The number of aromatic carboxylic acids is 1. The number of anilines is 1. The summed E-state index contributed by atoms with van der Waals surface area (Å²) in [6.07, 6.45) is 9.16. The number of hydrogen-bond donors (Lipinski definition) is 1. The monoisotopic (exact) mass is 550 g/mol. The van der Waals surface area contributed by atoms with E-state index in [1.165, 1.54) is 18.0 Å². The second-order valence-corrected chi connectivity index (χ2v) is 12.9. The fourth-order valence-corrected chi connectivity index (χ4v) is 6.30. The van der Waals surface area contributed by atoms with Crippen LogP contribution in [-0.2, 0) is 4.79 Å². The molecule has 2 heterocycles. The number of rotatable bonds is 6. The predicted molar refractivity (Wildman–Crippen MR) is 153 cm³/mol. The molecule has 7 nitrogen and oxygen atoms in total. The maximum absolute atomic E-state index is 14.2. The van der Waals surface area contributed by atoms with Crippen LogP contribution in [-0.4, -0.2) is 29.1 Å². The van der Waals surface area contributed by atoms with E-state index < -0.39 is 5.97 Å². The highest BCUT2D eigenvalue weighted by atomic mass is 32.1. The van der Waals surface area contributed by atoms with Crippen LogP contribution < -0.4 is 14.4 Å². The summed E-state index contributed by atoms with van der Waals surface area (Å²) in [5.41, 5.74) is 1.51. The molecule has 2 atom stereocenters. The van der Waals surface area contributed by atoms with Crippen molar-refractivity contribution in [1.82, 2.24) is 0 Å². The molecule has 0 bridgehead atoms. The van der Waals surface area contributed by atoms with Crippen molar-refractivity contribution >= 4 is 28.9 Å². The standard InChI is InChI=1S/C31H38N2O5S/c1-20-8-13-26(21(2)17-20)29(34)33(27-18-25(14-15-31(3,4)5)39-28(27)30(35)36)22-9-11-23(12-10-22)38-24-7-6-16-32(37)19-24/h6-8,16,18-19,21-23,26H,9-13,17H2,1-5H3,(H,35,36)/t21-,22?,23?,26?/m0/s1. The first-order valence-corrected chi connectivity index (χ1v) is 14.5. The molecule has 1 amide bonds. The summed E-state index contributed by atoms with van der Waals surface area (Å²) in [7, 11) is 0. The second kappa shape index (κ2) is 11.8. The van der Waals surface area contributed by atoms with Gasteiger partial charge in [-0.25, -0.2) is 4.79 Å². The van der Waals surface area contributed by atoms with Crippen molar-refractivity contribution in [3.63, 3.8) is 0 Å². The minimum absolute atomic E-state index is 0.0123. The van der Waals surface area contributed by atoms with Crippen molar-refractivity contribution in [2.24, 2.45) is 17.3 Å². The second-order valence-electron chi connectivity index (χ2n) is 11.9. The van der Waals surface area contributed by atoms with Crippen LogP contribution in [0.1, 0.15) is 87.7 Å². The van der Waals surface area contributed by atoms with E-state index in [2.05, 4.69) is 31.8 Å². The molecular formula is C31H38N2O5S. The lowest BCUT2D eigenvalue weighted by Gasteiger charge is -2.40. The van der Waals surface area contributed by atoms with Gasteiger partial charge in [-0.2, -0.15) is 4.73 Å². The van der Waals surface area contributed by atoms with Crippen LogP contribution in [0.15, 0.2) is 42.2 Å². The maximum atomic E-state index is 14.2. The van der Waals surface area contributed by atoms with Gasteiger partial charge in [0.1, 0.15) is 4.88 Å². The first kappa shape index (κ1) is 28.7. The Kier molecular flexibility index (Phi) is 8.70. The van der Waals surface area contributed by atoms with E-state index in [1.54, 1.807) is 23.1 Å². The largest absolute Gasteiger partial charge is 0.619 e. The van der Waals surface area contributed by atoms with Gasteiger partial charge in [0.25, 0.3) is 0 Å². The van der Waals surface area contributed by atoms with Crippen LogP contribution >= 0.6 is 11.3 Å². The summed E-state index contributed by atoms with van der Waals surface area (Å²) >= 11 is 1.13. The van der Waals surface area contributed by atoms with Crippen molar-refractivity contribution < 1.29 is 24.2 Å². The van der Waals surface area contributed by atoms with E-state index in [0.717, 1.165) is 17.8 Å². The number of pyridine rings is 1. The number of ether oxygens (including phenoxy) is 1. The molecule has 1 saturated carbocycles. The highest BCUT2D eigenvalue weighted by Crippen LogP contribution is 2.39. The lowest BCUT2D eigenvalue weighted by Crippen LogP contribution is -2.48. The summed E-state index contributed by atoms with van der Waals surface area (Å²) in [6.45, 7) is 10.2. The van der Waals surface area contributed by atoms with Gasteiger partial charge in [0.15, 0.2) is 11.9 Å². The molecule has 0 radical (unpaired) electrons. The Hall–Kier alpha value is -3.31. The van der Waals surface area contributed by atoms with Crippen LogP contribution in [0.3, 0.4) is 0 Å². The molecule has 2 aromatic rings.